The average Bonchev–Trinajstić information content (AvgIpc) is 3.44. The van der Waals surface area contributed by atoms with E-state index in [2.05, 4.69) is 31.1 Å². The fourth-order valence-corrected chi connectivity index (χ4v) is 5.98. The molecule has 5 rings (SSSR count). The van der Waals surface area contributed by atoms with Gasteiger partial charge in [0.05, 0.1) is 35.5 Å². The minimum Gasteiger partial charge on any atom is -0.355 e. The smallest absolute Gasteiger partial charge is 0.273 e. The van der Waals surface area contributed by atoms with Crippen LogP contribution in [0.2, 0.25) is 0 Å². The Hall–Kier alpha value is -3.80. The molecule has 1 aliphatic heterocycles. The third kappa shape index (κ3) is 5.72. The lowest BCUT2D eigenvalue weighted by Crippen LogP contribution is -2.67. The van der Waals surface area contributed by atoms with E-state index in [1.807, 2.05) is 0 Å². The topological polar surface area (TPSA) is 122 Å². The molecule has 12 heteroatoms. The highest BCUT2D eigenvalue weighted by atomic mass is 19.1. The average molecular weight is 557 g/mol. The fourth-order valence-electron chi connectivity index (χ4n) is 5.98. The first-order valence-corrected chi connectivity index (χ1v) is 13.5. The summed E-state index contributed by atoms with van der Waals surface area (Å²) < 4.78 is 46.2. The van der Waals surface area contributed by atoms with Crippen LogP contribution in [0, 0.1) is 29.3 Å². The summed E-state index contributed by atoms with van der Waals surface area (Å²) in [6.45, 7) is 2.65. The van der Waals surface area contributed by atoms with Gasteiger partial charge in [0.15, 0.2) is 17.3 Å². The highest BCUT2D eigenvalue weighted by Crippen LogP contribution is 2.41. The molecular formula is C28H31F3N6O3. The lowest BCUT2D eigenvalue weighted by atomic mass is 9.64. The summed E-state index contributed by atoms with van der Waals surface area (Å²) in [5, 5.41) is 13.2. The Morgan fingerprint density at radius 1 is 1.07 bits per heavy atom. The molecule has 1 saturated carbocycles. The Labute approximate surface area is 229 Å². The SMILES string of the molecule is C[C@@H](NC(=O)[C@@H]1CNCC[C@@]1(NC(=O)c1cc(-c2ccc(F)cc2F)on1)C1CCCCC1)c1ncc(F)cn1. The van der Waals surface area contributed by atoms with Gasteiger partial charge in [-0.15, -0.1) is 0 Å². The van der Waals surface area contributed by atoms with Crippen LogP contribution in [0.25, 0.3) is 11.3 Å². The number of amides is 2. The van der Waals surface area contributed by atoms with Gasteiger partial charge in [0.1, 0.15) is 17.5 Å². The molecule has 1 saturated heterocycles. The van der Waals surface area contributed by atoms with Crippen LogP contribution < -0.4 is 16.0 Å². The lowest BCUT2D eigenvalue weighted by molar-refractivity contribution is -0.130. The van der Waals surface area contributed by atoms with Gasteiger partial charge in [-0.1, -0.05) is 24.4 Å². The van der Waals surface area contributed by atoms with Gasteiger partial charge in [0.25, 0.3) is 5.91 Å². The van der Waals surface area contributed by atoms with E-state index in [4.69, 9.17) is 4.52 Å². The number of nitrogens with one attached hydrogen (secondary N) is 3. The monoisotopic (exact) mass is 556 g/mol. The van der Waals surface area contributed by atoms with E-state index in [0.717, 1.165) is 56.6 Å². The summed E-state index contributed by atoms with van der Waals surface area (Å²) in [5.41, 5.74) is -0.970. The van der Waals surface area contributed by atoms with Crippen LogP contribution in [0.15, 0.2) is 41.2 Å². The molecule has 9 nitrogen and oxygen atoms in total. The van der Waals surface area contributed by atoms with Crippen LogP contribution in [-0.4, -0.2) is 45.6 Å². The van der Waals surface area contributed by atoms with Crippen LogP contribution in [0.1, 0.15) is 67.8 Å². The molecular weight excluding hydrogens is 525 g/mol. The van der Waals surface area contributed by atoms with Crippen molar-refractivity contribution < 1.29 is 27.3 Å². The number of benzene rings is 1. The Bertz CT molecular complexity index is 1360. The van der Waals surface area contributed by atoms with Gasteiger partial charge in [0.2, 0.25) is 5.91 Å². The molecule has 0 bridgehead atoms. The Kier molecular flexibility index (Phi) is 8.15. The number of nitrogens with zero attached hydrogens (tertiary/aromatic N) is 3. The molecule has 2 fully saturated rings. The van der Waals surface area contributed by atoms with Crippen molar-refractivity contribution in [2.75, 3.05) is 13.1 Å². The van der Waals surface area contributed by atoms with Crippen LogP contribution in [-0.2, 0) is 4.79 Å². The maximum Gasteiger partial charge on any atom is 0.273 e. The molecule has 0 unspecified atom stereocenters. The summed E-state index contributed by atoms with van der Waals surface area (Å²) in [7, 11) is 0. The molecule has 2 amide bonds. The molecule has 2 aromatic heterocycles. The largest absolute Gasteiger partial charge is 0.355 e. The molecule has 1 aliphatic carbocycles. The first-order chi connectivity index (χ1) is 19.3. The van der Waals surface area contributed by atoms with Crippen molar-refractivity contribution >= 4 is 11.8 Å². The zero-order chi connectivity index (χ0) is 28.3. The van der Waals surface area contributed by atoms with E-state index in [1.54, 1.807) is 6.92 Å². The highest BCUT2D eigenvalue weighted by molar-refractivity contribution is 5.94. The number of aromatic nitrogens is 3. The summed E-state index contributed by atoms with van der Waals surface area (Å²) >= 11 is 0. The van der Waals surface area contributed by atoms with Gasteiger partial charge >= 0.3 is 0 Å². The van der Waals surface area contributed by atoms with Gasteiger partial charge in [-0.3, -0.25) is 9.59 Å². The molecule has 3 heterocycles. The van der Waals surface area contributed by atoms with E-state index in [-0.39, 0.29) is 34.7 Å². The zero-order valence-electron chi connectivity index (χ0n) is 22.1. The Balaban J connectivity index is 1.41. The van der Waals surface area contributed by atoms with Crippen molar-refractivity contribution in [3.63, 3.8) is 0 Å². The second kappa shape index (κ2) is 11.7. The lowest BCUT2D eigenvalue weighted by Gasteiger charge is -2.50. The third-order valence-electron chi connectivity index (χ3n) is 8.01. The molecule has 3 aromatic rings. The Morgan fingerprint density at radius 2 is 1.82 bits per heavy atom. The normalized spacial score (nSPS) is 22.4. The number of carbonyl (C=O) groups excluding carboxylic acids is 2. The number of hydrogen-bond donors (Lipinski definition) is 3. The molecule has 3 atom stereocenters. The van der Waals surface area contributed by atoms with E-state index in [9.17, 15) is 22.8 Å². The summed E-state index contributed by atoms with van der Waals surface area (Å²) in [4.78, 5) is 35.3. The van der Waals surface area contributed by atoms with Crippen molar-refractivity contribution in [1.82, 2.24) is 31.1 Å². The van der Waals surface area contributed by atoms with Crippen molar-refractivity contribution in [1.29, 1.82) is 0 Å². The first kappa shape index (κ1) is 27.8. The van der Waals surface area contributed by atoms with Gasteiger partial charge in [-0.25, -0.2) is 23.1 Å². The number of hydrogen-bond acceptors (Lipinski definition) is 7. The van der Waals surface area contributed by atoms with Gasteiger partial charge in [-0.05, 0) is 50.8 Å². The Morgan fingerprint density at radius 3 is 2.55 bits per heavy atom. The van der Waals surface area contributed by atoms with E-state index >= 15 is 0 Å². The van der Waals surface area contributed by atoms with Crippen LogP contribution in [0.5, 0.6) is 0 Å². The van der Waals surface area contributed by atoms with Crippen molar-refractivity contribution in [2.24, 2.45) is 11.8 Å². The number of rotatable bonds is 7. The fraction of sp³-hybridized carbons (Fsp3) is 0.464. The molecule has 40 heavy (non-hydrogen) atoms. The molecule has 3 N–H and O–H groups in total. The standard InChI is InChI=1S/C28H31F3N6O3/c1-16(25-33-13-19(30)14-34-25)35-26(38)21-15-32-10-9-28(21,17-5-3-2-4-6-17)36-27(39)23-12-24(40-37-23)20-8-7-18(29)11-22(20)31/h7-8,11-14,16-17,21,32H,2-6,9-10,15H2,1H3,(H,35,38)(H,36,39)/t16-,21+,28-/m1/s1. The van der Waals surface area contributed by atoms with Crippen molar-refractivity contribution in [2.45, 2.75) is 57.0 Å². The number of piperidine rings is 1. The highest BCUT2D eigenvalue weighted by Gasteiger charge is 2.51. The number of halogens is 3. The van der Waals surface area contributed by atoms with E-state index in [1.165, 1.54) is 12.1 Å². The maximum atomic E-state index is 14.3. The molecule has 1 aromatic carbocycles. The van der Waals surface area contributed by atoms with Gasteiger partial charge < -0.3 is 20.5 Å². The minimum absolute atomic E-state index is 0.0120. The van der Waals surface area contributed by atoms with E-state index < -0.39 is 40.9 Å². The number of carbonyl (C=O) groups is 2. The van der Waals surface area contributed by atoms with E-state index in [0.29, 0.717) is 19.5 Å². The first-order valence-electron chi connectivity index (χ1n) is 13.5. The predicted octanol–water partition coefficient (Wildman–Crippen LogP) is 4.08. The van der Waals surface area contributed by atoms with Crippen LogP contribution >= 0.6 is 0 Å². The van der Waals surface area contributed by atoms with Crippen LogP contribution in [0.3, 0.4) is 0 Å². The zero-order valence-corrected chi connectivity index (χ0v) is 22.1. The second-order valence-electron chi connectivity index (χ2n) is 10.5. The van der Waals surface area contributed by atoms with Crippen LogP contribution in [0.4, 0.5) is 13.2 Å². The van der Waals surface area contributed by atoms with Crippen molar-refractivity contribution in [3.8, 4) is 11.3 Å². The minimum atomic E-state index is -0.879. The van der Waals surface area contributed by atoms with Gasteiger partial charge in [-0.2, -0.15) is 0 Å². The molecule has 2 aliphatic rings. The molecule has 212 valence electrons. The molecule has 0 radical (unpaired) electrons. The maximum absolute atomic E-state index is 14.3. The van der Waals surface area contributed by atoms with Gasteiger partial charge in [0, 0.05) is 18.7 Å². The van der Waals surface area contributed by atoms with Crippen molar-refractivity contribution in [3.05, 3.63) is 65.6 Å². The quantitative estimate of drug-likeness (QED) is 0.401. The second-order valence-corrected chi connectivity index (χ2v) is 10.5. The molecule has 0 spiro atoms. The predicted molar refractivity (Wildman–Crippen MR) is 138 cm³/mol. The summed E-state index contributed by atoms with van der Waals surface area (Å²) in [6, 6.07) is 3.76. The summed E-state index contributed by atoms with van der Waals surface area (Å²) in [6.07, 6.45) is 7.37. The third-order valence-corrected chi connectivity index (χ3v) is 8.01. The summed E-state index contributed by atoms with van der Waals surface area (Å²) in [5.74, 6) is -3.30.